The van der Waals surface area contributed by atoms with Crippen LogP contribution < -0.4 is 5.32 Å². The van der Waals surface area contributed by atoms with Gasteiger partial charge in [-0.05, 0) is 30.7 Å². The highest BCUT2D eigenvalue weighted by atomic mass is 35.5. The van der Waals surface area contributed by atoms with Gasteiger partial charge in [0.1, 0.15) is 5.01 Å². The lowest BCUT2D eigenvalue weighted by Crippen LogP contribution is -1.97. The van der Waals surface area contributed by atoms with Crippen molar-refractivity contribution in [2.24, 2.45) is 0 Å². The number of anilines is 2. The van der Waals surface area contributed by atoms with Crippen LogP contribution in [-0.4, -0.2) is 24.8 Å². The van der Waals surface area contributed by atoms with E-state index < -0.39 is 0 Å². The monoisotopic (exact) mass is 398 g/mol. The van der Waals surface area contributed by atoms with E-state index in [0.29, 0.717) is 11.0 Å². The molecule has 1 N–H and O–H groups in total. The van der Waals surface area contributed by atoms with Gasteiger partial charge in [-0.3, -0.25) is 5.32 Å². The molecule has 0 saturated carbocycles. The zero-order valence-electron chi connectivity index (χ0n) is 13.5. The molecule has 9 heteroatoms. The maximum atomic E-state index is 6.05. The van der Waals surface area contributed by atoms with Gasteiger partial charge in [-0.2, -0.15) is 9.61 Å². The summed E-state index contributed by atoms with van der Waals surface area (Å²) in [5.41, 5.74) is 3.17. The van der Waals surface area contributed by atoms with Crippen molar-refractivity contribution in [2.45, 2.75) is 6.92 Å². The molecule has 6 nitrogen and oxygen atoms in total. The van der Waals surface area contributed by atoms with Crippen molar-refractivity contribution in [3.05, 3.63) is 53.1 Å². The Kier molecular flexibility index (Phi) is 3.63. The Morgan fingerprint density at radius 3 is 2.85 bits per heavy atom. The molecular formula is C17H11ClN6S2. The molecule has 0 atom stereocenters. The smallest absolute Gasteiger partial charge is 0.253 e. The fourth-order valence-electron chi connectivity index (χ4n) is 2.66. The van der Waals surface area contributed by atoms with E-state index in [0.717, 1.165) is 30.9 Å². The van der Waals surface area contributed by atoms with Crippen molar-refractivity contribution in [1.82, 2.24) is 24.8 Å². The summed E-state index contributed by atoms with van der Waals surface area (Å²) in [5, 5.41) is 18.6. The highest BCUT2D eigenvalue weighted by Crippen LogP contribution is 2.32. The van der Waals surface area contributed by atoms with E-state index in [1.54, 1.807) is 4.52 Å². The lowest BCUT2D eigenvalue weighted by Gasteiger charge is -2.00. The molecule has 5 rings (SSSR count). The van der Waals surface area contributed by atoms with Gasteiger partial charge in [-0.1, -0.05) is 58.5 Å². The molecule has 128 valence electrons. The number of benzene rings is 2. The Morgan fingerprint density at radius 1 is 1.08 bits per heavy atom. The van der Waals surface area contributed by atoms with Gasteiger partial charge in [-0.25, -0.2) is 4.98 Å². The molecule has 0 bridgehead atoms. The first-order chi connectivity index (χ1) is 12.7. The number of nitrogens with one attached hydrogen (secondary N) is 1. The highest BCUT2D eigenvalue weighted by Gasteiger charge is 2.15. The number of fused-ring (bicyclic) bond motifs is 2. The minimum absolute atomic E-state index is 0.543. The molecule has 0 aliphatic rings. The minimum Gasteiger partial charge on any atom is -0.299 e. The third-order valence-corrected chi connectivity index (χ3v) is 6.04. The van der Waals surface area contributed by atoms with Gasteiger partial charge < -0.3 is 0 Å². The van der Waals surface area contributed by atoms with E-state index >= 15 is 0 Å². The van der Waals surface area contributed by atoms with Crippen molar-refractivity contribution in [1.29, 1.82) is 0 Å². The molecule has 0 amide bonds. The van der Waals surface area contributed by atoms with Crippen LogP contribution in [0.2, 0.25) is 5.02 Å². The molecule has 5 aromatic rings. The van der Waals surface area contributed by atoms with Crippen molar-refractivity contribution >= 4 is 60.5 Å². The van der Waals surface area contributed by atoms with Crippen LogP contribution in [0.1, 0.15) is 5.56 Å². The van der Waals surface area contributed by atoms with Gasteiger partial charge in [0.2, 0.25) is 4.96 Å². The minimum atomic E-state index is 0.543. The molecule has 0 saturated heterocycles. The van der Waals surface area contributed by atoms with Gasteiger partial charge in [0.15, 0.2) is 5.13 Å². The molecular weight excluding hydrogens is 388 g/mol. The second-order valence-corrected chi connectivity index (χ2v) is 8.12. The van der Waals surface area contributed by atoms with Crippen LogP contribution in [0.3, 0.4) is 0 Å². The first kappa shape index (κ1) is 15.7. The van der Waals surface area contributed by atoms with E-state index in [1.165, 1.54) is 28.2 Å². The maximum absolute atomic E-state index is 6.05. The number of rotatable bonds is 3. The summed E-state index contributed by atoms with van der Waals surface area (Å²) in [4.78, 5) is 5.29. The van der Waals surface area contributed by atoms with E-state index in [-0.39, 0.29) is 0 Å². The lowest BCUT2D eigenvalue weighted by atomic mass is 10.1. The fraction of sp³-hybridized carbons (Fsp3) is 0.0588. The summed E-state index contributed by atoms with van der Waals surface area (Å²) in [6.45, 7) is 2.07. The first-order valence-electron chi connectivity index (χ1n) is 7.79. The Morgan fingerprint density at radius 2 is 1.96 bits per heavy atom. The molecule has 3 aromatic heterocycles. The van der Waals surface area contributed by atoms with Crippen molar-refractivity contribution in [3.63, 3.8) is 0 Å². The van der Waals surface area contributed by atoms with Gasteiger partial charge in [-0.15, -0.1) is 10.2 Å². The highest BCUT2D eigenvalue weighted by molar-refractivity contribution is 7.22. The van der Waals surface area contributed by atoms with Crippen molar-refractivity contribution in [3.8, 4) is 10.6 Å². The second-order valence-electron chi connectivity index (χ2n) is 5.70. The quantitative estimate of drug-likeness (QED) is 0.454. The van der Waals surface area contributed by atoms with Gasteiger partial charge in [0.25, 0.3) is 5.95 Å². The average molecular weight is 399 g/mol. The van der Waals surface area contributed by atoms with Crippen LogP contribution in [0.5, 0.6) is 0 Å². The first-order valence-corrected chi connectivity index (χ1v) is 9.80. The SMILES string of the molecule is Cc1ccccc1-c1nn2c(Nc3nc4ccc(Cl)cc4s3)nnc2s1. The third-order valence-electron chi connectivity index (χ3n) is 3.94. The number of hydrogen-bond donors (Lipinski definition) is 1. The number of aromatic nitrogens is 5. The summed E-state index contributed by atoms with van der Waals surface area (Å²) in [5.74, 6) is 0.543. The van der Waals surface area contributed by atoms with Crippen LogP contribution >= 0.6 is 34.3 Å². The van der Waals surface area contributed by atoms with Gasteiger partial charge >= 0.3 is 0 Å². The second kappa shape index (κ2) is 6.01. The molecule has 0 fully saturated rings. The van der Waals surface area contributed by atoms with E-state index in [2.05, 4.69) is 44.7 Å². The van der Waals surface area contributed by atoms with Crippen LogP contribution in [-0.2, 0) is 0 Å². The molecule has 2 aromatic carbocycles. The molecule has 0 aliphatic heterocycles. The predicted octanol–water partition coefficient (Wildman–Crippen LogP) is 5.17. The molecule has 0 aliphatic carbocycles. The third kappa shape index (κ3) is 2.63. The molecule has 26 heavy (non-hydrogen) atoms. The van der Waals surface area contributed by atoms with Crippen LogP contribution in [0.25, 0.3) is 25.7 Å². The van der Waals surface area contributed by atoms with Crippen molar-refractivity contribution in [2.75, 3.05) is 5.32 Å². The van der Waals surface area contributed by atoms with Crippen LogP contribution in [0.4, 0.5) is 11.1 Å². The predicted molar refractivity (Wildman–Crippen MR) is 107 cm³/mol. The van der Waals surface area contributed by atoms with Crippen molar-refractivity contribution < 1.29 is 0 Å². The number of aryl methyl sites for hydroxylation is 1. The standard InChI is InChI=1S/C17H11ClN6S2/c1-9-4-2-3-5-11(9)14-23-24-15(21-22-17(24)26-14)20-16-19-12-7-6-10(18)8-13(12)25-16/h2-8H,1H3,(H,19,20,21). The number of hydrogen-bond acceptors (Lipinski definition) is 7. The summed E-state index contributed by atoms with van der Waals surface area (Å²) in [7, 11) is 0. The zero-order valence-corrected chi connectivity index (χ0v) is 15.9. The number of nitrogens with zero attached hydrogens (tertiary/aromatic N) is 5. The maximum Gasteiger partial charge on any atom is 0.253 e. The normalized spacial score (nSPS) is 11.5. The summed E-state index contributed by atoms with van der Waals surface area (Å²) < 4.78 is 2.73. The number of thiazole rings is 1. The Bertz CT molecular complexity index is 1250. The van der Waals surface area contributed by atoms with E-state index in [9.17, 15) is 0 Å². The zero-order chi connectivity index (χ0) is 17.7. The lowest BCUT2D eigenvalue weighted by molar-refractivity contribution is 0.968. The average Bonchev–Trinajstić information content (AvgIpc) is 3.30. The van der Waals surface area contributed by atoms with E-state index in [1.807, 2.05) is 30.3 Å². The molecule has 0 spiro atoms. The van der Waals surface area contributed by atoms with Gasteiger partial charge in [0, 0.05) is 10.6 Å². The Labute approximate surface area is 161 Å². The van der Waals surface area contributed by atoms with Crippen LogP contribution in [0, 0.1) is 6.92 Å². The topological polar surface area (TPSA) is 68.0 Å². The summed E-state index contributed by atoms with van der Waals surface area (Å²) in [6.07, 6.45) is 0. The Hall–Kier alpha value is -2.55. The van der Waals surface area contributed by atoms with Gasteiger partial charge in [0.05, 0.1) is 10.2 Å². The summed E-state index contributed by atoms with van der Waals surface area (Å²) >= 11 is 9.06. The molecule has 0 radical (unpaired) electrons. The molecule has 3 heterocycles. The van der Waals surface area contributed by atoms with E-state index in [4.69, 9.17) is 11.6 Å². The fourth-order valence-corrected chi connectivity index (χ4v) is 4.73. The largest absolute Gasteiger partial charge is 0.299 e. The molecule has 0 unspecified atom stereocenters. The number of halogens is 1. The summed E-state index contributed by atoms with van der Waals surface area (Å²) in [6, 6.07) is 13.8. The Balaban J connectivity index is 1.53. The van der Waals surface area contributed by atoms with Crippen LogP contribution in [0.15, 0.2) is 42.5 Å².